The quantitative estimate of drug-likeness (QED) is 0.0791. The van der Waals surface area contributed by atoms with E-state index in [9.17, 15) is 35.9 Å². The fraction of sp³-hybridized carbons (Fsp3) is 0.397. The van der Waals surface area contributed by atoms with Crippen LogP contribution in [0.3, 0.4) is 0 Å². The molecule has 2 saturated carbocycles. The lowest BCUT2D eigenvalue weighted by molar-refractivity contribution is -0.274. The number of hydrogen-bond acceptors (Lipinski definition) is 15. The van der Waals surface area contributed by atoms with Crippen molar-refractivity contribution in [3.8, 4) is 39.5 Å². The molecule has 4 aliphatic rings. The van der Waals surface area contributed by atoms with Crippen LogP contribution in [0.2, 0.25) is 0 Å². The number of aromatic nitrogens is 6. The molecular weight excluding hydrogens is 1150 g/mol. The van der Waals surface area contributed by atoms with Gasteiger partial charge in [-0.3, -0.25) is 19.4 Å². The Hall–Kier alpha value is -8.52. The van der Waals surface area contributed by atoms with Crippen molar-refractivity contribution >= 4 is 56.9 Å². The highest BCUT2D eigenvalue weighted by Gasteiger charge is 2.34. The van der Waals surface area contributed by atoms with E-state index in [4.69, 9.17) is 20.9 Å². The van der Waals surface area contributed by atoms with Crippen molar-refractivity contribution < 1.29 is 50.1 Å². The summed E-state index contributed by atoms with van der Waals surface area (Å²) in [7, 11) is 7.27. The zero-order valence-corrected chi connectivity index (χ0v) is 49.3. The largest absolute Gasteiger partial charge is 0.573 e. The number of nitrogens with one attached hydrogen (secondary N) is 2. The first kappa shape index (κ1) is 61.1. The highest BCUT2D eigenvalue weighted by Crippen LogP contribution is 2.43. The summed E-state index contributed by atoms with van der Waals surface area (Å²) in [4.78, 5) is 53.4. The zero-order chi connectivity index (χ0) is 62.0. The number of methoxy groups -OCH3 is 2. The Morgan fingerprint density at radius 3 is 1.36 bits per heavy atom. The molecule has 464 valence electrons. The predicted molar refractivity (Wildman–Crippen MR) is 324 cm³/mol. The molecule has 0 spiro atoms. The van der Waals surface area contributed by atoms with E-state index in [0.29, 0.717) is 47.3 Å². The van der Waals surface area contributed by atoms with Crippen molar-refractivity contribution in [1.82, 2.24) is 48.7 Å². The van der Waals surface area contributed by atoms with E-state index in [1.165, 1.54) is 39.0 Å². The lowest BCUT2D eigenvalue weighted by atomic mass is 9.89. The van der Waals surface area contributed by atoms with Gasteiger partial charge in [-0.25, -0.2) is 33.1 Å². The SMILES string of the molecule is COc1cc(-c2cn(C3CCC(N4CCN(C)CC4)CC3)c3ncnc(N)c23)ccc1NC(=O)c1c(F)cc(F)cc1F.COc1cc(-c2cn(C3CCC(N4CCN(C)CC4)CC3)c3ncnc(N)c23)ccc1NC(=O)c1ccc(OC(F)(F)F)cc1. The minimum Gasteiger partial charge on any atom is -0.495 e. The van der Waals surface area contributed by atoms with Gasteiger partial charge >= 0.3 is 6.36 Å². The first-order valence-corrected chi connectivity index (χ1v) is 29.4. The van der Waals surface area contributed by atoms with E-state index in [0.717, 1.165) is 160 Å². The van der Waals surface area contributed by atoms with Crippen LogP contribution in [-0.2, 0) is 0 Å². The normalized spacial score (nSPS) is 19.9. The van der Waals surface area contributed by atoms with Crippen LogP contribution >= 0.6 is 0 Å². The van der Waals surface area contributed by atoms with Crippen molar-refractivity contribution in [2.45, 2.75) is 81.9 Å². The maximum absolute atomic E-state index is 14.2. The summed E-state index contributed by atoms with van der Waals surface area (Å²) in [5.41, 5.74) is 17.4. The molecule has 4 aromatic carbocycles. The predicted octanol–water partition coefficient (Wildman–Crippen LogP) is 10.7. The van der Waals surface area contributed by atoms with Crippen molar-refractivity contribution in [2.24, 2.45) is 0 Å². The maximum Gasteiger partial charge on any atom is 0.573 e. The van der Waals surface area contributed by atoms with Gasteiger partial charge < -0.3 is 55.2 Å². The topological polar surface area (TPSA) is 212 Å². The van der Waals surface area contributed by atoms with Gasteiger partial charge in [0.2, 0.25) is 0 Å². The number of amides is 2. The monoisotopic (exact) mass is 1220 g/mol. The Morgan fingerprint density at radius 1 is 0.545 bits per heavy atom. The minimum absolute atomic E-state index is 0.158. The molecule has 19 nitrogen and oxygen atoms in total. The molecule has 25 heteroatoms. The standard InChI is InChI=1S/C32H36F3N7O3.C31H34F3N7O2/c1-40-13-15-41(16-14-40)22-6-8-23(9-7-22)42-18-25(28-29(36)37-19-38-30(28)42)21-5-12-26(27(17-21)44-2)39-31(43)20-3-10-24(11-4-20)45-32(33,34)35;1-39-9-11-40(12-10-39)20-4-6-21(7-5-20)41-16-22(27-29(35)36-17-37-30(27)41)18-3-8-25(26(13-18)43-2)38-31(42)28-23(33)14-19(32)15-24(28)34/h3-5,10-12,17-19,22-23H,6-9,13-16H2,1-2H3,(H,39,43)(H2,36,37,38);3,8,13-17,20-21H,4-7,9-12H2,1-2H3,(H,38,42)(H2,35,36,37). The Kier molecular flexibility index (Phi) is 18.1. The van der Waals surface area contributed by atoms with Gasteiger partial charge in [-0.05, 0) is 125 Å². The number of likely N-dealkylation sites (N-methyl/N-ethyl adjacent to an activating group) is 2. The number of ether oxygens (including phenoxy) is 3. The third-order valence-electron chi connectivity index (χ3n) is 17.6. The molecule has 0 atom stereocenters. The number of rotatable bonds is 13. The van der Waals surface area contributed by atoms with E-state index < -0.39 is 46.9 Å². The number of anilines is 4. The summed E-state index contributed by atoms with van der Waals surface area (Å²) in [5, 5.41) is 6.73. The van der Waals surface area contributed by atoms with Gasteiger partial charge in [-0.15, -0.1) is 13.2 Å². The van der Waals surface area contributed by atoms with E-state index in [2.05, 4.69) is 84.3 Å². The summed E-state index contributed by atoms with van der Waals surface area (Å²) in [6, 6.07) is 17.8. The molecule has 2 aliphatic carbocycles. The first-order valence-electron chi connectivity index (χ1n) is 29.4. The molecule has 6 N–H and O–H groups in total. The van der Waals surface area contributed by atoms with Crippen LogP contribution in [0.1, 0.15) is 84.2 Å². The number of carbonyl (C=O) groups excluding carboxylic acids is 2. The van der Waals surface area contributed by atoms with Crippen LogP contribution in [-0.4, -0.2) is 160 Å². The lowest BCUT2D eigenvalue weighted by Crippen LogP contribution is -2.49. The van der Waals surface area contributed by atoms with Gasteiger partial charge in [0.25, 0.3) is 11.8 Å². The van der Waals surface area contributed by atoms with Crippen molar-refractivity contribution in [1.29, 1.82) is 0 Å². The molecule has 6 heterocycles. The van der Waals surface area contributed by atoms with Crippen LogP contribution in [0.15, 0.2) is 97.8 Å². The van der Waals surface area contributed by atoms with Gasteiger partial charge in [0.15, 0.2) is 0 Å². The number of benzene rings is 4. The number of piperazine rings is 2. The smallest absolute Gasteiger partial charge is 0.495 e. The van der Waals surface area contributed by atoms with Gasteiger partial charge in [0.1, 0.15) is 75.8 Å². The second kappa shape index (κ2) is 26.1. The molecule has 0 bridgehead atoms. The van der Waals surface area contributed by atoms with E-state index >= 15 is 0 Å². The number of nitrogens with two attached hydrogens (primary N) is 2. The van der Waals surface area contributed by atoms with Gasteiger partial charge in [0.05, 0.1) is 36.4 Å². The highest BCUT2D eigenvalue weighted by molar-refractivity contribution is 6.07. The molecule has 2 amide bonds. The third-order valence-corrected chi connectivity index (χ3v) is 17.6. The van der Waals surface area contributed by atoms with E-state index in [1.54, 1.807) is 24.3 Å². The Morgan fingerprint density at radius 2 is 0.955 bits per heavy atom. The zero-order valence-electron chi connectivity index (χ0n) is 49.3. The molecule has 0 unspecified atom stereocenters. The second-order valence-corrected chi connectivity index (χ2v) is 23.0. The molecule has 0 radical (unpaired) electrons. The summed E-state index contributed by atoms with van der Waals surface area (Å²) >= 11 is 0. The number of fused-ring (bicyclic) bond motifs is 2. The summed E-state index contributed by atoms with van der Waals surface area (Å²) in [6.07, 6.45) is 10.9. The number of hydrogen-bond donors (Lipinski definition) is 4. The molecule has 8 aromatic rings. The fourth-order valence-corrected chi connectivity index (χ4v) is 12.9. The van der Waals surface area contributed by atoms with Crippen LogP contribution in [0, 0.1) is 17.5 Å². The Labute approximate surface area is 504 Å². The van der Waals surface area contributed by atoms with E-state index in [1.807, 2.05) is 18.3 Å². The van der Waals surface area contributed by atoms with Crippen molar-refractivity contribution in [3.63, 3.8) is 0 Å². The number of carbonyl (C=O) groups is 2. The Balaban J connectivity index is 0.000000182. The number of nitrogens with zero attached hydrogens (tertiary/aromatic N) is 10. The average molecular weight is 1220 g/mol. The molecule has 2 aliphatic heterocycles. The van der Waals surface area contributed by atoms with Gasteiger partial charge in [-0.2, -0.15) is 0 Å². The highest BCUT2D eigenvalue weighted by atomic mass is 19.4. The van der Waals surface area contributed by atoms with Crippen LogP contribution in [0.4, 0.5) is 49.4 Å². The second-order valence-electron chi connectivity index (χ2n) is 23.0. The minimum atomic E-state index is -4.81. The van der Waals surface area contributed by atoms with E-state index in [-0.39, 0.29) is 29.1 Å². The molecule has 4 aromatic heterocycles. The molecule has 4 fully saturated rings. The number of halogens is 6. The van der Waals surface area contributed by atoms with Crippen molar-refractivity contribution in [2.75, 3.05) is 103 Å². The van der Waals surface area contributed by atoms with Gasteiger partial charge in [-0.1, -0.05) is 12.1 Å². The lowest BCUT2D eigenvalue weighted by Gasteiger charge is -2.41. The maximum atomic E-state index is 14.2. The molecule has 88 heavy (non-hydrogen) atoms. The number of nitrogen functional groups attached to an aromatic ring is 2. The summed E-state index contributed by atoms with van der Waals surface area (Å²) in [5.74, 6) is -4.30. The summed E-state index contributed by atoms with van der Waals surface area (Å²) in [6.45, 7) is 8.89. The van der Waals surface area contributed by atoms with Crippen LogP contribution in [0.25, 0.3) is 44.3 Å². The van der Waals surface area contributed by atoms with Crippen LogP contribution in [0.5, 0.6) is 17.2 Å². The van der Waals surface area contributed by atoms with Gasteiger partial charge in [0, 0.05) is 118 Å². The molecular formula is C63H70F6N14O5. The fourth-order valence-electron chi connectivity index (χ4n) is 12.9. The average Bonchev–Trinajstić information content (AvgIpc) is 2.62. The Bertz CT molecular complexity index is 3790. The summed E-state index contributed by atoms with van der Waals surface area (Å²) < 4.78 is 98.7. The number of alkyl halides is 3. The molecule has 2 saturated heterocycles. The molecule has 12 rings (SSSR count). The van der Waals surface area contributed by atoms with Crippen molar-refractivity contribution in [3.05, 3.63) is 126 Å². The third kappa shape index (κ3) is 13.3. The van der Waals surface area contributed by atoms with Crippen LogP contribution < -0.4 is 36.3 Å². The first-order chi connectivity index (χ1) is 42.3.